The molecule has 0 bridgehead atoms. The number of hydrogen-bond acceptors (Lipinski definition) is 1. The largest absolute Gasteiger partial charge is 0.412 e. The van der Waals surface area contributed by atoms with Gasteiger partial charge in [0, 0.05) is 11.5 Å². The number of hydrogen-bond donors (Lipinski definition) is 1. The van der Waals surface area contributed by atoms with Crippen molar-refractivity contribution in [2.45, 2.75) is 77.2 Å². The summed E-state index contributed by atoms with van der Waals surface area (Å²) in [5, 5.41) is 2.72. The Morgan fingerprint density at radius 3 is 2.12 bits per heavy atom. The highest BCUT2D eigenvalue weighted by molar-refractivity contribution is 5.86. The second kappa shape index (κ2) is 9.80. The maximum atomic E-state index is 7.03. The van der Waals surface area contributed by atoms with Crippen molar-refractivity contribution in [3.8, 4) is 0 Å². The van der Waals surface area contributed by atoms with Crippen LogP contribution in [0.15, 0.2) is 42.5 Å². The quantitative estimate of drug-likeness (QED) is 0.641. The van der Waals surface area contributed by atoms with Crippen LogP contribution in [0.5, 0.6) is 0 Å². The Kier molecular flexibility index (Phi) is 8.44. The van der Waals surface area contributed by atoms with Crippen molar-refractivity contribution in [3.63, 3.8) is 0 Å². The van der Waals surface area contributed by atoms with Crippen LogP contribution in [-0.4, -0.2) is 11.0 Å². The smallest absolute Gasteiger partial charge is 0.0223 e. The SMILES string of the molecule is CCCCC(c1cccc2ccccc12)C(N)(CCC)CCC.O. The first-order valence-electron chi connectivity index (χ1n) is 9.42. The molecule has 0 saturated heterocycles. The normalized spacial score (nSPS) is 12.8. The van der Waals surface area contributed by atoms with Crippen LogP contribution < -0.4 is 5.73 Å². The number of nitrogens with two attached hydrogens (primary N) is 1. The predicted octanol–water partition coefficient (Wildman–Crippen LogP) is 5.59. The molecule has 2 rings (SSSR count). The van der Waals surface area contributed by atoms with Crippen molar-refractivity contribution < 1.29 is 5.48 Å². The Bertz CT molecular complexity index is 596. The van der Waals surface area contributed by atoms with Gasteiger partial charge in [0.2, 0.25) is 0 Å². The molecule has 0 aliphatic carbocycles. The molecule has 1 unspecified atom stereocenters. The summed E-state index contributed by atoms with van der Waals surface area (Å²) in [6.45, 7) is 6.80. The molecule has 2 aromatic carbocycles. The maximum Gasteiger partial charge on any atom is 0.0223 e. The molecule has 1 atom stereocenters. The van der Waals surface area contributed by atoms with Gasteiger partial charge in [-0.25, -0.2) is 0 Å². The molecule has 0 spiro atoms. The average Bonchev–Trinajstić information content (AvgIpc) is 2.56. The third kappa shape index (κ3) is 4.58. The molecule has 24 heavy (non-hydrogen) atoms. The summed E-state index contributed by atoms with van der Waals surface area (Å²) in [5.74, 6) is 0.452. The Labute approximate surface area is 147 Å². The van der Waals surface area contributed by atoms with Crippen LogP contribution in [-0.2, 0) is 0 Å². The number of fused-ring (bicyclic) bond motifs is 1. The van der Waals surface area contributed by atoms with E-state index in [0.717, 1.165) is 25.7 Å². The first kappa shape index (κ1) is 20.7. The van der Waals surface area contributed by atoms with E-state index in [1.807, 2.05) is 0 Å². The summed E-state index contributed by atoms with van der Waals surface area (Å²) in [5.41, 5.74) is 8.41. The van der Waals surface area contributed by atoms with E-state index < -0.39 is 0 Å². The molecule has 134 valence electrons. The van der Waals surface area contributed by atoms with Crippen LogP contribution in [0.2, 0.25) is 0 Å². The zero-order valence-corrected chi connectivity index (χ0v) is 15.6. The highest BCUT2D eigenvalue weighted by Crippen LogP contribution is 2.40. The van der Waals surface area contributed by atoms with E-state index in [9.17, 15) is 0 Å². The summed E-state index contributed by atoms with van der Waals surface area (Å²) < 4.78 is 0. The second-order valence-electron chi connectivity index (χ2n) is 7.00. The third-order valence-corrected chi connectivity index (χ3v) is 5.17. The molecular weight excluding hydrogens is 294 g/mol. The highest BCUT2D eigenvalue weighted by atomic mass is 16.0. The molecule has 0 amide bonds. The van der Waals surface area contributed by atoms with Crippen LogP contribution in [0.4, 0.5) is 0 Å². The van der Waals surface area contributed by atoms with Gasteiger partial charge < -0.3 is 11.2 Å². The Morgan fingerprint density at radius 1 is 0.875 bits per heavy atom. The Balaban J connectivity index is 0.00000288. The number of benzene rings is 2. The van der Waals surface area contributed by atoms with Crippen LogP contribution in [0.1, 0.15) is 77.2 Å². The van der Waals surface area contributed by atoms with E-state index in [4.69, 9.17) is 5.73 Å². The van der Waals surface area contributed by atoms with E-state index in [1.165, 1.54) is 35.6 Å². The lowest BCUT2D eigenvalue weighted by Gasteiger charge is -2.39. The van der Waals surface area contributed by atoms with Crippen LogP contribution >= 0.6 is 0 Å². The van der Waals surface area contributed by atoms with Crippen LogP contribution in [0.25, 0.3) is 10.8 Å². The molecule has 0 aliphatic rings. The first-order chi connectivity index (χ1) is 11.2. The summed E-state index contributed by atoms with van der Waals surface area (Å²) in [4.78, 5) is 0. The number of unbranched alkanes of at least 4 members (excludes halogenated alkanes) is 1. The van der Waals surface area contributed by atoms with Crippen molar-refractivity contribution in [1.82, 2.24) is 0 Å². The maximum absolute atomic E-state index is 7.03. The highest BCUT2D eigenvalue weighted by Gasteiger charge is 2.34. The predicted molar refractivity (Wildman–Crippen MR) is 107 cm³/mol. The minimum absolute atomic E-state index is 0. The van der Waals surface area contributed by atoms with Gasteiger partial charge >= 0.3 is 0 Å². The third-order valence-electron chi connectivity index (χ3n) is 5.17. The minimum Gasteiger partial charge on any atom is -0.412 e. The molecule has 0 aromatic heterocycles. The average molecular weight is 330 g/mol. The van der Waals surface area contributed by atoms with Gasteiger partial charge in [-0.1, -0.05) is 88.9 Å². The van der Waals surface area contributed by atoms with Gasteiger partial charge in [0.05, 0.1) is 0 Å². The summed E-state index contributed by atoms with van der Waals surface area (Å²) in [6, 6.07) is 15.5. The van der Waals surface area contributed by atoms with E-state index >= 15 is 0 Å². The molecule has 2 heteroatoms. The zero-order chi connectivity index (χ0) is 16.7. The van der Waals surface area contributed by atoms with Gasteiger partial charge in [-0.15, -0.1) is 0 Å². The zero-order valence-electron chi connectivity index (χ0n) is 15.6. The molecule has 2 nitrogen and oxygen atoms in total. The Hall–Kier alpha value is -1.38. The number of rotatable bonds is 9. The topological polar surface area (TPSA) is 57.5 Å². The van der Waals surface area contributed by atoms with Gasteiger partial charge in [0.25, 0.3) is 0 Å². The lowest BCUT2D eigenvalue weighted by molar-refractivity contribution is 0.278. The summed E-state index contributed by atoms with van der Waals surface area (Å²) >= 11 is 0. The Morgan fingerprint density at radius 2 is 1.50 bits per heavy atom. The first-order valence-corrected chi connectivity index (χ1v) is 9.42. The molecule has 0 saturated carbocycles. The van der Waals surface area contributed by atoms with Crippen LogP contribution in [0.3, 0.4) is 0 Å². The van der Waals surface area contributed by atoms with E-state index in [1.54, 1.807) is 0 Å². The monoisotopic (exact) mass is 329 g/mol. The lowest BCUT2D eigenvalue weighted by atomic mass is 9.71. The molecule has 0 aliphatic heterocycles. The molecule has 2 aromatic rings. The summed E-state index contributed by atoms with van der Waals surface area (Å²) in [6.07, 6.45) is 8.21. The van der Waals surface area contributed by atoms with Gasteiger partial charge in [-0.3, -0.25) is 0 Å². The van der Waals surface area contributed by atoms with Gasteiger partial charge in [0.15, 0.2) is 0 Å². The van der Waals surface area contributed by atoms with Gasteiger partial charge in [0.1, 0.15) is 0 Å². The van der Waals surface area contributed by atoms with Crippen molar-refractivity contribution in [3.05, 3.63) is 48.0 Å². The second-order valence-corrected chi connectivity index (χ2v) is 7.00. The molecule has 0 heterocycles. The lowest BCUT2D eigenvalue weighted by Crippen LogP contribution is -2.45. The van der Waals surface area contributed by atoms with Crippen molar-refractivity contribution >= 4 is 10.8 Å². The van der Waals surface area contributed by atoms with E-state index in [-0.39, 0.29) is 11.0 Å². The minimum atomic E-state index is -0.0806. The van der Waals surface area contributed by atoms with Crippen molar-refractivity contribution in [2.75, 3.05) is 0 Å². The van der Waals surface area contributed by atoms with Gasteiger partial charge in [-0.05, 0) is 35.6 Å². The fourth-order valence-corrected chi connectivity index (χ4v) is 4.12. The van der Waals surface area contributed by atoms with Crippen LogP contribution in [0, 0.1) is 0 Å². The van der Waals surface area contributed by atoms with E-state index in [2.05, 4.69) is 63.2 Å². The van der Waals surface area contributed by atoms with Crippen molar-refractivity contribution in [2.24, 2.45) is 5.73 Å². The standard InChI is InChI=1S/C22H33N.H2O/c1-4-7-15-21(22(23,16-5-2)17-6-3)20-14-10-12-18-11-8-9-13-19(18)20;/h8-14,21H,4-7,15-17,23H2,1-3H3;1H2. The molecule has 4 N–H and O–H groups in total. The van der Waals surface area contributed by atoms with Gasteiger partial charge in [-0.2, -0.15) is 0 Å². The fraction of sp³-hybridized carbons (Fsp3) is 0.545. The molecule has 0 radical (unpaired) electrons. The molecule has 0 fully saturated rings. The fourth-order valence-electron chi connectivity index (χ4n) is 4.12. The van der Waals surface area contributed by atoms with E-state index in [0.29, 0.717) is 5.92 Å². The molecular formula is C22H35NO. The van der Waals surface area contributed by atoms with Crippen molar-refractivity contribution in [1.29, 1.82) is 0 Å². The summed E-state index contributed by atoms with van der Waals surface area (Å²) in [7, 11) is 0.